The summed E-state index contributed by atoms with van der Waals surface area (Å²) in [7, 11) is 0. The number of para-hydroxylation sites is 1. The van der Waals surface area contributed by atoms with E-state index < -0.39 is 35.9 Å². The molecule has 0 saturated carbocycles. The summed E-state index contributed by atoms with van der Waals surface area (Å²) in [4.78, 5) is 62.7. The van der Waals surface area contributed by atoms with Gasteiger partial charge in [0.05, 0.1) is 18.2 Å². The van der Waals surface area contributed by atoms with Gasteiger partial charge in [0.15, 0.2) is 6.61 Å². The van der Waals surface area contributed by atoms with Gasteiger partial charge in [0, 0.05) is 32.5 Å². The molecule has 1 saturated heterocycles. The zero-order valence-electron chi connectivity index (χ0n) is 29.6. The molecule has 13 nitrogen and oxygen atoms in total. The van der Waals surface area contributed by atoms with Crippen molar-refractivity contribution in [2.75, 3.05) is 19.6 Å². The Bertz CT molecular complexity index is 1610. The Labute approximate surface area is 299 Å². The van der Waals surface area contributed by atoms with E-state index in [1.165, 1.54) is 9.80 Å². The Morgan fingerprint density at radius 3 is 2.43 bits per heavy atom. The van der Waals surface area contributed by atoms with Crippen molar-refractivity contribution in [2.45, 2.75) is 103 Å². The lowest BCUT2D eigenvalue weighted by atomic mass is 10.0. The molecule has 1 fully saturated rings. The van der Waals surface area contributed by atoms with Crippen LogP contribution in [0.3, 0.4) is 0 Å². The first-order valence-electron chi connectivity index (χ1n) is 18.1. The molecule has 5 rings (SSSR count). The van der Waals surface area contributed by atoms with Crippen molar-refractivity contribution in [2.24, 2.45) is 5.92 Å². The molecule has 0 unspecified atom stereocenters. The minimum atomic E-state index is -1.01. The minimum Gasteiger partial charge on any atom is -0.485 e. The number of aliphatic hydroxyl groups excluding tert-OH is 1. The molecular formula is C38H50N6O7. The number of aliphatic hydroxyl groups is 1. The van der Waals surface area contributed by atoms with Crippen molar-refractivity contribution in [1.82, 2.24) is 30.6 Å². The van der Waals surface area contributed by atoms with E-state index in [0.717, 1.165) is 44.1 Å². The molecule has 2 aromatic carbocycles. The van der Waals surface area contributed by atoms with Gasteiger partial charge in [-0.25, -0.2) is 0 Å². The molecule has 0 radical (unpaired) electrons. The molecule has 0 spiro atoms. The molecule has 2 aliphatic rings. The Morgan fingerprint density at radius 1 is 0.922 bits per heavy atom. The molecule has 0 aliphatic carbocycles. The molecule has 3 N–H and O–H groups in total. The Morgan fingerprint density at radius 2 is 1.65 bits per heavy atom. The van der Waals surface area contributed by atoms with E-state index >= 15 is 0 Å². The van der Waals surface area contributed by atoms with E-state index in [2.05, 4.69) is 20.8 Å². The second kappa shape index (κ2) is 18.5. The molecular weight excluding hydrogens is 652 g/mol. The smallest absolute Gasteiger partial charge is 0.255 e. The molecule has 4 amide bonds. The third-order valence-corrected chi connectivity index (χ3v) is 9.16. The average Bonchev–Trinajstić information content (AvgIpc) is 3.74. The second-order valence-electron chi connectivity index (χ2n) is 13.8. The maximum Gasteiger partial charge on any atom is 0.255 e. The van der Waals surface area contributed by atoms with Crippen LogP contribution in [-0.2, 0) is 34.0 Å². The van der Waals surface area contributed by atoms with Gasteiger partial charge in [-0.2, -0.15) is 4.98 Å². The number of aromatic nitrogens is 2. The van der Waals surface area contributed by atoms with Crippen molar-refractivity contribution in [3.63, 3.8) is 0 Å². The van der Waals surface area contributed by atoms with Crippen LogP contribution >= 0.6 is 0 Å². The summed E-state index contributed by atoms with van der Waals surface area (Å²) < 4.78 is 11.4. The number of aryl methyl sites for hydroxylation is 1. The lowest BCUT2D eigenvalue weighted by molar-refractivity contribution is -0.146. The van der Waals surface area contributed by atoms with Gasteiger partial charge in [0.25, 0.3) is 5.91 Å². The summed E-state index contributed by atoms with van der Waals surface area (Å²) in [5.41, 5.74) is 1.05. The molecule has 274 valence electrons. The van der Waals surface area contributed by atoms with Crippen LogP contribution in [0.25, 0.3) is 0 Å². The number of hydrogen-bond acceptors (Lipinski definition) is 9. The highest BCUT2D eigenvalue weighted by molar-refractivity contribution is 6.00. The zero-order valence-corrected chi connectivity index (χ0v) is 29.6. The minimum absolute atomic E-state index is 0.00633. The molecule has 2 aliphatic heterocycles. The van der Waals surface area contributed by atoms with Crippen LogP contribution in [0, 0.1) is 5.92 Å². The third kappa shape index (κ3) is 10.9. The van der Waals surface area contributed by atoms with E-state index in [1.54, 1.807) is 24.3 Å². The van der Waals surface area contributed by atoms with Gasteiger partial charge in [0.2, 0.25) is 29.4 Å². The first-order valence-corrected chi connectivity index (χ1v) is 18.1. The van der Waals surface area contributed by atoms with Crippen LogP contribution in [0.5, 0.6) is 5.75 Å². The van der Waals surface area contributed by atoms with Gasteiger partial charge in [-0.3, -0.25) is 19.2 Å². The molecule has 1 aromatic heterocycles. The summed E-state index contributed by atoms with van der Waals surface area (Å²) in [6.45, 7) is 4.26. The highest BCUT2D eigenvalue weighted by atomic mass is 16.5. The maximum absolute atomic E-state index is 14.3. The molecule has 2 bridgehead atoms. The number of nitrogens with zero attached hydrogens (tertiary/aromatic N) is 4. The number of nitrogens with one attached hydrogen (secondary N) is 2. The second-order valence-corrected chi connectivity index (χ2v) is 13.8. The number of ether oxygens (including phenoxy) is 1. The number of rotatable bonds is 4. The molecule has 51 heavy (non-hydrogen) atoms. The highest BCUT2D eigenvalue weighted by Gasteiger charge is 2.43. The fourth-order valence-corrected chi connectivity index (χ4v) is 6.58. The number of fused-ring (bicyclic) bond motifs is 4. The number of carbonyl (C=O) groups is 4. The topological polar surface area (TPSA) is 167 Å². The fourth-order valence-electron chi connectivity index (χ4n) is 6.58. The van der Waals surface area contributed by atoms with Crippen molar-refractivity contribution >= 4 is 23.6 Å². The maximum atomic E-state index is 14.3. The average molecular weight is 703 g/mol. The van der Waals surface area contributed by atoms with Crippen LogP contribution in [0.4, 0.5) is 0 Å². The van der Waals surface area contributed by atoms with E-state index in [4.69, 9.17) is 9.26 Å². The first kappa shape index (κ1) is 37.5. The van der Waals surface area contributed by atoms with Crippen LogP contribution in [0.15, 0.2) is 59.1 Å². The van der Waals surface area contributed by atoms with Crippen molar-refractivity contribution in [1.29, 1.82) is 0 Å². The summed E-state index contributed by atoms with van der Waals surface area (Å²) in [6.07, 6.45) is 5.77. The van der Waals surface area contributed by atoms with Gasteiger partial charge in [0.1, 0.15) is 17.8 Å². The van der Waals surface area contributed by atoms with Crippen LogP contribution in [-0.4, -0.2) is 86.5 Å². The van der Waals surface area contributed by atoms with E-state index in [9.17, 15) is 24.3 Å². The highest BCUT2D eigenvalue weighted by Crippen LogP contribution is 2.25. The van der Waals surface area contributed by atoms with Gasteiger partial charge in [-0.1, -0.05) is 87.2 Å². The van der Waals surface area contributed by atoms with Crippen molar-refractivity contribution < 1.29 is 33.5 Å². The standard InChI is InChI=1S/C38H50N6O7/c1-26(2)20-30-37(48)44-23-28(45)21-31(44)38(49)43(22-27-14-8-7-9-15-27)24-34(46)39-19-13-6-4-3-5-10-18-35-41-33(42-51-35)25-50-32-17-12-11-16-29(32)36(47)40-30/h7-9,11-12,14-17,26,28,30-31,45H,3-6,10,13,18-25H2,1-2H3,(H,39,46)(H,40,47)/t28-,30+,31+/m0/s1. The lowest BCUT2D eigenvalue weighted by Gasteiger charge is -2.32. The zero-order chi connectivity index (χ0) is 36.2. The molecule has 3 atom stereocenters. The Hall–Kier alpha value is -4.78. The number of hydrogen-bond donors (Lipinski definition) is 3. The number of benzene rings is 2. The summed E-state index contributed by atoms with van der Waals surface area (Å²) in [5.74, 6) is -0.526. The summed E-state index contributed by atoms with van der Waals surface area (Å²) in [6, 6.07) is 14.1. The monoisotopic (exact) mass is 702 g/mol. The predicted octanol–water partition coefficient (Wildman–Crippen LogP) is 3.80. The third-order valence-electron chi connectivity index (χ3n) is 9.16. The van der Waals surface area contributed by atoms with Crippen LogP contribution in [0.1, 0.15) is 92.9 Å². The van der Waals surface area contributed by atoms with Gasteiger partial charge in [-0.05, 0) is 42.9 Å². The first-order chi connectivity index (χ1) is 24.7. The van der Waals surface area contributed by atoms with Crippen molar-refractivity contribution in [3.05, 3.63) is 77.4 Å². The SMILES string of the molecule is CC(C)C[C@H]1NC(=O)c2ccccc2OCc2noc(n2)CCCCCCCCNC(=O)CN(Cc2ccccc2)C(=O)[C@H]2C[C@H](O)CN2C1=O. The molecule has 13 heteroatoms. The molecule has 3 aromatic rings. The normalized spacial score (nSPS) is 22.2. The number of amides is 4. The number of carbonyl (C=O) groups excluding carboxylic acids is 4. The molecule has 3 heterocycles. The predicted molar refractivity (Wildman–Crippen MR) is 188 cm³/mol. The summed E-state index contributed by atoms with van der Waals surface area (Å²) in [5, 5.41) is 20.6. The van der Waals surface area contributed by atoms with Gasteiger partial charge in [-0.15, -0.1) is 0 Å². The fraction of sp³-hybridized carbons (Fsp3) is 0.526. The Balaban J connectivity index is 1.40. The van der Waals surface area contributed by atoms with Gasteiger partial charge >= 0.3 is 0 Å². The van der Waals surface area contributed by atoms with Gasteiger partial charge < -0.3 is 34.8 Å². The quantitative estimate of drug-likeness (QED) is 0.367. The van der Waals surface area contributed by atoms with Crippen LogP contribution in [0.2, 0.25) is 0 Å². The Kier molecular flexibility index (Phi) is 13.6. The van der Waals surface area contributed by atoms with E-state index in [1.807, 2.05) is 44.2 Å². The van der Waals surface area contributed by atoms with Crippen molar-refractivity contribution in [3.8, 4) is 5.75 Å². The lowest BCUT2D eigenvalue weighted by Crippen LogP contribution is -2.55. The summed E-state index contributed by atoms with van der Waals surface area (Å²) >= 11 is 0. The van der Waals surface area contributed by atoms with Crippen LogP contribution < -0.4 is 15.4 Å². The largest absolute Gasteiger partial charge is 0.485 e. The van der Waals surface area contributed by atoms with E-state index in [0.29, 0.717) is 31.1 Å². The van der Waals surface area contributed by atoms with E-state index in [-0.39, 0.29) is 55.8 Å².